The van der Waals surface area contributed by atoms with Gasteiger partial charge in [-0.15, -0.1) is 11.3 Å². The van der Waals surface area contributed by atoms with Crippen LogP contribution in [0.1, 0.15) is 16.0 Å². The zero-order chi connectivity index (χ0) is 22.7. The molecule has 0 amide bonds. The second kappa shape index (κ2) is 9.33. The van der Waals surface area contributed by atoms with Gasteiger partial charge in [0.05, 0.1) is 24.8 Å². The Balaban J connectivity index is 1.54. The van der Waals surface area contributed by atoms with Crippen LogP contribution < -0.4 is 4.72 Å². The van der Waals surface area contributed by atoms with E-state index in [2.05, 4.69) is 22.4 Å². The molecule has 2 aromatic carbocycles. The maximum atomic E-state index is 13.4. The summed E-state index contributed by atoms with van der Waals surface area (Å²) >= 11 is 1.28. The maximum absolute atomic E-state index is 13.4. The number of aliphatic hydroxyl groups is 2. The molecule has 1 unspecified atom stereocenters. The minimum absolute atomic E-state index is 0.289. The predicted octanol–water partition coefficient (Wildman–Crippen LogP) is 3.14. The van der Waals surface area contributed by atoms with Crippen molar-refractivity contribution in [3.8, 4) is 11.8 Å². The summed E-state index contributed by atoms with van der Waals surface area (Å²) in [6, 6.07) is 20.2. The number of nitrogens with one attached hydrogen (secondary N) is 1. The Hall–Kier alpha value is -2.86. The standard InChI is InChI=1S/C25H24N2O3S2/c1-27-17-19(21-10-6-7-11-23(21)27)16-22(25(28)29)26-32(2,30)24-15-14-20(31-24)13-12-18-8-4-3-5-9-18/h3-11,14-15,17,22,25,28-29H,2,16H2,1H3,(H,26,30)/t22-,32?/m1/s1. The van der Waals surface area contributed by atoms with Crippen LogP contribution in [0.2, 0.25) is 0 Å². The van der Waals surface area contributed by atoms with E-state index in [1.54, 1.807) is 12.1 Å². The Morgan fingerprint density at radius 1 is 1.06 bits per heavy atom. The number of hydrogen-bond acceptors (Lipinski definition) is 4. The molecular formula is C25H24N2O3S2. The van der Waals surface area contributed by atoms with Gasteiger partial charge in [-0.1, -0.05) is 48.2 Å². The first-order valence-electron chi connectivity index (χ1n) is 10.0. The van der Waals surface area contributed by atoms with Gasteiger partial charge in [0.25, 0.3) is 0 Å². The van der Waals surface area contributed by atoms with Crippen LogP contribution in [0.25, 0.3) is 10.9 Å². The molecule has 0 bridgehead atoms. The summed E-state index contributed by atoms with van der Waals surface area (Å²) in [4.78, 5) is 0.761. The highest BCUT2D eigenvalue weighted by molar-refractivity contribution is 8.00. The fourth-order valence-corrected chi connectivity index (χ4v) is 6.20. The fraction of sp³-hybridized carbons (Fsp3) is 0.160. The quantitative estimate of drug-likeness (QED) is 0.233. The molecule has 2 atom stereocenters. The number of aromatic nitrogens is 1. The number of aliphatic hydroxyl groups excluding tert-OH is 1. The highest BCUT2D eigenvalue weighted by Crippen LogP contribution is 2.24. The van der Waals surface area contributed by atoms with E-state index in [1.807, 2.05) is 72.4 Å². The lowest BCUT2D eigenvalue weighted by atomic mass is 10.1. The number of rotatable bonds is 6. The smallest absolute Gasteiger partial charge is 0.168 e. The van der Waals surface area contributed by atoms with E-state index in [0.29, 0.717) is 4.21 Å². The zero-order valence-corrected chi connectivity index (χ0v) is 19.2. The average Bonchev–Trinajstić information content (AvgIpc) is 3.38. The van der Waals surface area contributed by atoms with Crippen molar-refractivity contribution in [3.05, 3.63) is 88.9 Å². The highest BCUT2D eigenvalue weighted by Gasteiger charge is 2.24. The summed E-state index contributed by atoms with van der Waals surface area (Å²) in [5.74, 6) is 10.0. The number of aryl methyl sites for hydroxylation is 1. The molecule has 0 aliphatic rings. The van der Waals surface area contributed by atoms with Crippen LogP contribution >= 0.6 is 11.3 Å². The molecule has 0 aliphatic heterocycles. The third kappa shape index (κ3) is 4.96. The third-order valence-corrected chi connectivity index (χ3v) is 8.45. The average molecular weight is 465 g/mol. The molecule has 0 aliphatic carbocycles. The second-order valence-corrected chi connectivity index (χ2v) is 10.9. The second-order valence-electron chi connectivity index (χ2n) is 7.53. The van der Waals surface area contributed by atoms with Crippen molar-refractivity contribution in [1.29, 1.82) is 0 Å². The van der Waals surface area contributed by atoms with E-state index in [0.717, 1.165) is 26.9 Å². The SMILES string of the molecule is C=S(=O)(N[C@H](Cc1cn(C)c2ccccc12)C(O)O)c1ccc(C#Cc2ccccc2)s1. The molecule has 2 aromatic heterocycles. The van der Waals surface area contributed by atoms with Gasteiger partial charge < -0.3 is 14.8 Å². The van der Waals surface area contributed by atoms with E-state index < -0.39 is 22.0 Å². The topological polar surface area (TPSA) is 74.5 Å². The molecule has 32 heavy (non-hydrogen) atoms. The lowest BCUT2D eigenvalue weighted by molar-refractivity contribution is -0.0613. The van der Waals surface area contributed by atoms with Crippen molar-refractivity contribution < 1.29 is 14.4 Å². The molecule has 5 nitrogen and oxygen atoms in total. The minimum Gasteiger partial charge on any atom is -0.367 e. The van der Waals surface area contributed by atoms with Gasteiger partial charge in [0.15, 0.2) is 6.29 Å². The number of nitrogens with zero attached hydrogens (tertiary/aromatic N) is 1. The molecule has 164 valence electrons. The van der Waals surface area contributed by atoms with E-state index in [9.17, 15) is 14.4 Å². The van der Waals surface area contributed by atoms with Gasteiger partial charge in [-0.05, 0) is 48.2 Å². The normalized spacial score (nSPS) is 14.1. The fourth-order valence-electron chi connectivity index (χ4n) is 3.56. The van der Waals surface area contributed by atoms with Crippen LogP contribution in [0.15, 0.2) is 77.1 Å². The molecule has 2 heterocycles. The van der Waals surface area contributed by atoms with Crippen LogP contribution in [0.3, 0.4) is 0 Å². The minimum atomic E-state index is -2.96. The van der Waals surface area contributed by atoms with E-state index in [-0.39, 0.29) is 6.42 Å². The lowest BCUT2D eigenvalue weighted by Crippen LogP contribution is -2.44. The molecule has 0 fully saturated rings. The zero-order valence-electron chi connectivity index (χ0n) is 17.6. The van der Waals surface area contributed by atoms with E-state index in [1.165, 1.54) is 11.3 Å². The van der Waals surface area contributed by atoms with Crippen molar-refractivity contribution in [2.45, 2.75) is 23.0 Å². The maximum Gasteiger partial charge on any atom is 0.168 e. The molecule has 0 radical (unpaired) electrons. The lowest BCUT2D eigenvalue weighted by Gasteiger charge is -2.22. The van der Waals surface area contributed by atoms with Crippen molar-refractivity contribution >= 4 is 37.8 Å². The van der Waals surface area contributed by atoms with Gasteiger partial charge in [-0.3, -0.25) is 0 Å². The van der Waals surface area contributed by atoms with Crippen LogP contribution in [0, 0.1) is 11.8 Å². The first kappa shape index (κ1) is 22.3. The first-order chi connectivity index (χ1) is 15.3. The van der Waals surface area contributed by atoms with E-state index in [4.69, 9.17) is 0 Å². The Bertz CT molecular complexity index is 1390. The summed E-state index contributed by atoms with van der Waals surface area (Å²) in [5, 5.41) is 21.0. The highest BCUT2D eigenvalue weighted by atomic mass is 32.2. The summed E-state index contributed by atoms with van der Waals surface area (Å²) < 4.78 is 18.8. The summed E-state index contributed by atoms with van der Waals surface area (Å²) in [6.45, 7) is 0. The molecular weight excluding hydrogens is 440 g/mol. The number of hydrogen-bond donors (Lipinski definition) is 3. The molecule has 0 saturated carbocycles. The Labute approximate surface area is 192 Å². The van der Waals surface area contributed by atoms with Crippen molar-refractivity contribution in [3.63, 3.8) is 0 Å². The van der Waals surface area contributed by atoms with Gasteiger partial charge in [0.2, 0.25) is 0 Å². The van der Waals surface area contributed by atoms with Crippen LogP contribution in [-0.4, -0.2) is 37.2 Å². The van der Waals surface area contributed by atoms with Gasteiger partial charge in [-0.25, -0.2) is 8.93 Å². The van der Waals surface area contributed by atoms with Gasteiger partial charge in [-0.2, -0.15) is 0 Å². The number of benzene rings is 2. The predicted molar refractivity (Wildman–Crippen MR) is 132 cm³/mol. The Morgan fingerprint density at radius 2 is 1.78 bits per heavy atom. The summed E-state index contributed by atoms with van der Waals surface area (Å²) in [7, 11) is -1.02. The number of fused-ring (bicyclic) bond motifs is 1. The van der Waals surface area contributed by atoms with E-state index >= 15 is 0 Å². The van der Waals surface area contributed by atoms with Gasteiger partial charge in [0, 0.05) is 29.7 Å². The van der Waals surface area contributed by atoms with Crippen molar-refractivity contribution in [2.75, 3.05) is 0 Å². The molecule has 0 saturated heterocycles. The third-order valence-electron chi connectivity index (χ3n) is 5.13. The van der Waals surface area contributed by atoms with Crippen molar-refractivity contribution in [1.82, 2.24) is 9.29 Å². The molecule has 4 aromatic rings. The van der Waals surface area contributed by atoms with Gasteiger partial charge in [0.1, 0.15) is 0 Å². The molecule has 3 N–H and O–H groups in total. The molecule has 7 heteroatoms. The Morgan fingerprint density at radius 3 is 2.53 bits per heavy atom. The number of thiophene rings is 1. The van der Waals surface area contributed by atoms with Crippen LogP contribution in [-0.2, 0) is 23.2 Å². The molecule has 0 spiro atoms. The number of para-hydroxylation sites is 1. The largest absolute Gasteiger partial charge is 0.367 e. The Kier molecular flexibility index (Phi) is 6.51. The first-order valence-corrected chi connectivity index (χ1v) is 12.6. The molecule has 4 rings (SSSR count). The van der Waals surface area contributed by atoms with Gasteiger partial charge >= 0.3 is 0 Å². The monoisotopic (exact) mass is 464 g/mol. The van der Waals surface area contributed by atoms with Crippen molar-refractivity contribution in [2.24, 2.45) is 7.05 Å². The summed E-state index contributed by atoms with van der Waals surface area (Å²) in [5.41, 5.74) is 2.88. The van der Waals surface area contributed by atoms with Crippen LogP contribution in [0.4, 0.5) is 0 Å². The summed E-state index contributed by atoms with van der Waals surface area (Å²) in [6.07, 6.45) is 0.543. The van der Waals surface area contributed by atoms with Crippen LogP contribution in [0.5, 0.6) is 0 Å².